The Morgan fingerprint density at radius 2 is 2.07 bits per heavy atom. The van der Waals surface area contributed by atoms with Crippen LogP contribution in [0, 0.1) is 17.0 Å². The minimum Gasteiger partial charge on any atom is -0.258 e. The number of hydrogen-bond donors (Lipinski definition) is 0. The predicted molar refractivity (Wildman–Crippen MR) is 124 cm³/mol. The third-order valence-electron chi connectivity index (χ3n) is 4.32. The van der Waals surface area contributed by atoms with Crippen molar-refractivity contribution in [3.8, 4) is 11.3 Å². The number of nitrogens with zero attached hydrogens (tertiary/aromatic N) is 4. The molecule has 3 aromatic rings. The van der Waals surface area contributed by atoms with Gasteiger partial charge in [0.1, 0.15) is 0 Å². The van der Waals surface area contributed by atoms with Gasteiger partial charge in [-0.25, -0.2) is 4.68 Å². The summed E-state index contributed by atoms with van der Waals surface area (Å²) >= 11 is 14.0. The number of benzene rings is 2. The first kappa shape index (κ1) is 22.0. The van der Waals surface area contributed by atoms with E-state index in [1.165, 1.54) is 17.4 Å². The van der Waals surface area contributed by atoms with Crippen LogP contribution in [0.3, 0.4) is 0 Å². The van der Waals surface area contributed by atoms with Crippen LogP contribution in [0.25, 0.3) is 11.3 Å². The maximum Gasteiger partial charge on any atom is 0.272 e. The van der Waals surface area contributed by atoms with Gasteiger partial charge < -0.3 is 0 Å². The highest BCUT2D eigenvalue weighted by atomic mass is 35.5. The molecule has 0 fully saturated rings. The average Bonchev–Trinajstić information content (AvgIpc) is 3.10. The molecule has 30 heavy (non-hydrogen) atoms. The van der Waals surface area contributed by atoms with Crippen LogP contribution in [0.1, 0.15) is 18.1 Å². The van der Waals surface area contributed by atoms with Gasteiger partial charge in [0.2, 0.25) is 4.80 Å². The van der Waals surface area contributed by atoms with Crippen molar-refractivity contribution in [3.63, 3.8) is 0 Å². The lowest BCUT2D eigenvalue weighted by Crippen LogP contribution is -2.14. The summed E-state index contributed by atoms with van der Waals surface area (Å²) in [5.41, 5.74) is 3.31. The van der Waals surface area contributed by atoms with Crippen molar-refractivity contribution in [3.05, 3.63) is 90.5 Å². The van der Waals surface area contributed by atoms with E-state index in [-0.39, 0.29) is 5.69 Å². The fraction of sp³-hybridized carbons (Fsp3) is 0.143. The van der Waals surface area contributed by atoms with Gasteiger partial charge in [-0.1, -0.05) is 41.4 Å². The first-order chi connectivity index (χ1) is 14.3. The Hall–Kier alpha value is -2.74. The van der Waals surface area contributed by atoms with E-state index in [0.29, 0.717) is 43.8 Å². The zero-order valence-corrected chi connectivity index (χ0v) is 18.6. The van der Waals surface area contributed by atoms with Crippen molar-refractivity contribution >= 4 is 45.9 Å². The molecule has 0 N–H and O–H groups in total. The molecule has 1 heterocycles. The van der Waals surface area contributed by atoms with Crippen molar-refractivity contribution in [1.29, 1.82) is 0 Å². The molecule has 0 amide bonds. The zero-order chi connectivity index (χ0) is 21.8. The van der Waals surface area contributed by atoms with Crippen LogP contribution in [0.4, 0.5) is 5.69 Å². The molecular formula is C21H18Cl2N4O2S. The van der Waals surface area contributed by atoms with Crippen LogP contribution in [-0.4, -0.2) is 21.9 Å². The fourth-order valence-electron chi connectivity index (χ4n) is 2.77. The van der Waals surface area contributed by atoms with Crippen LogP contribution in [-0.2, 0) is 0 Å². The lowest BCUT2D eigenvalue weighted by atomic mass is 10.1. The molecule has 0 aliphatic heterocycles. The van der Waals surface area contributed by atoms with Gasteiger partial charge in [-0.3, -0.25) is 15.1 Å². The smallest absolute Gasteiger partial charge is 0.258 e. The van der Waals surface area contributed by atoms with Crippen LogP contribution in [0.5, 0.6) is 0 Å². The summed E-state index contributed by atoms with van der Waals surface area (Å²) in [6, 6.07) is 10.2. The van der Waals surface area contributed by atoms with Crippen molar-refractivity contribution in [1.82, 2.24) is 4.68 Å². The monoisotopic (exact) mass is 460 g/mol. The molecule has 0 saturated heterocycles. The van der Waals surface area contributed by atoms with E-state index in [0.717, 1.165) is 5.69 Å². The average molecular weight is 461 g/mol. The molecule has 0 aliphatic rings. The van der Waals surface area contributed by atoms with E-state index >= 15 is 0 Å². The molecule has 6 nitrogen and oxygen atoms in total. The van der Waals surface area contributed by atoms with E-state index in [4.69, 9.17) is 28.3 Å². The molecule has 0 unspecified atom stereocenters. The van der Waals surface area contributed by atoms with E-state index in [2.05, 4.69) is 11.6 Å². The molecule has 0 spiro atoms. The number of thiazole rings is 1. The fourth-order valence-corrected chi connectivity index (χ4v) is 3.98. The van der Waals surface area contributed by atoms with E-state index in [9.17, 15) is 10.1 Å². The minimum atomic E-state index is -0.397. The molecule has 0 bridgehead atoms. The number of halogens is 2. The van der Waals surface area contributed by atoms with Gasteiger partial charge in [-0.05, 0) is 32.0 Å². The topological polar surface area (TPSA) is 72.8 Å². The molecule has 3 rings (SSSR count). The molecule has 1 aromatic heterocycles. The minimum absolute atomic E-state index is 0.0482. The van der Waals surface area contributed by atoms with Gasteiger partial charge in [0.25, 0.3) is 5.69 Å². The van der Waals surface area contributed by atoms with Crippen molar-refractivity contribution in [2.45, 2.75) is 13.8 Å². The number of hydrogen-bond acceptors (Lipinski definition) is 5. The first-order valence-corrected chi connectivity index (χ1v) is 10.5. The normalized spacial score (nSPS) is 12.3. The summed E-state index contributed by atoms with van der Waals surface area (Å²) < 4.78 is 1.67. The van der Waals surface area contributed by atoms with Crippen LogP contribution in [0.15, 0.2) is 64.5 Å². The molecule has 0 atom stereocenters. The van der Waals surface area contributed by atoms with Crippen molar-refractivity contribution in [2.75, 3.05) is 6.54 Å². The Morgan fingerprint density at radius 1 is 1.30 bits per heavy atom. The second-order valence-corrected chi connectivity index (χ2v) is 8.09. The Kier molecular flexibility index (Phi) is 6.87. The molecule has 0 radical (unpaired) electrons. The zero-order valence-electron chi connectivity index (χ0n) is 16.3. The Balaban J connectivity index is 2.20. The number of nitro groups is 1. The lowest BCUT2D eigenvalue weighted by Gasteiger charge is -2.08. The molecule has 154 valence electrons. The Bertz CT molecular complexity index is 1230. The first-order valence-electron chi connectivity index (χ1n) is 8.90. The standard InChI is InChI=1S/C21H18Cl2N4O2S/c1-4-9-24-21-26(20(12-30-21)17-11-16(22)7-8-18(17)23)25-14(3)15-6-5-13(2)19(10-15)27(28)29/h4-8,10-12H,1,9H2,2-3H3. The molecular weight excluding hydrogens is 443 g/mol. The van der Waals surface area contributed by atoms with Crippen LogP contribution >= 0.6 is 34.5 Å². The molecule has 2 aromatic carbocycles. The second kappa shape index (κ2) is 9.38. The third-order valence-corrected chi connectivity index (χ3v) is 5.74. The lowest BCUT2D eigenvalue weighted by molar-refractivity contribution is -0.385. The number of rotatable bonds is 6. The number of nitro benzene ring substituents is 1. The highest BCUT2D eigenvalue weighted by Crippen LogP contribution is 2.31. The third kappa shape index (κ3) is 4.70. The van der Waals surface area contributed by atoms with Gasteiger partial charge >= 0.3 is 0 Å². The van der Waals surface area contributed by atoms with E-state index in [1.807, 2.05) is 5.38 Å². The van der Waals surface area contributed by atoms with Crippen molar-refractivity contribution < 1.29 is 4.92 Å². The quantitative estimate of drug-likeness (QED) is 0.193. The van der Waals surface area contributed by atoms with Gasteiger partial charge in [0.05, 0.1) is 27.9 Å². The van der Waals surface area contributed by atoms with Crippen LogP contribution < -0.4 is 4.80 Å². The van der Waals surface area contributed by atoms with E-state index < -0.39 is 4.92 Å². The van der Waals surface area contributed by atoms with Crippen molar-refractivity contribution in [2.24, 2.45) is 10.1 Å². The summed E-state index contributed by atoms with van der Waals surface area (Å²) in [5.74, 6) is 0. The maximum atomic E-state index is 11.3. The van der Waals surface area contributed by atoms with Crippen LogP contribution in [0.2, 0.25) is 10.0 Å². The van der Waals surface area contributed by atoms with Gasteiger partial charge in [-0.2, -0.15) is 5.10 Å². The summed E-state index contributed by atoms with van der Waals surface area (Å²) in [5, 5.41) is 19.0. The summed E-state index contributed by atoms with van der Waals surface area (Å²) in [6.45, 7) is 7.62. The largest absolute Gasteiger partial charge is 0.272 e. The molecule has 0 saturated carbocycles. The van der Waals surface area contributed by atoms with Gasteiger partial charge in [-0.15, -0.1) is 17.9 Å². The molecule has 0 aliphatic carbocycles. The highest BCUT2D eigenvalue weighted by molar-refractivity contribution is 7.07. The Morgan fingerprint density at radius 3 is 2.77 bits per heavy atom. The predicted octanol–water partition coefficient (Wildman–Crippen LogP) is 6.10. The van der Waals surface area contributed by atoms with E-state index in [1.54, 1.807) is 54.9 Å². The summed E-state index contributed by atoms with van der Waals surface area (Å²) in [4.78, 5) is 16.1. The number of aromatic nitrogens is 1. The maximum absolute atomic E-state index is 11.3. The number of aryl methyl sites for hydroxylation is 1. The SMILES string of the molecule is C=CCN=c1scc(-c2cc(Cl)ccc2Cl)n1N=C(C)c1ccc(C)c([N+](=O)[O-])c1. The molecule has 9 heteroatoms. The van der Waals surface area contributed by atoms with Gasteiger partial charge in [0.15, 0.2) is 0 Å². The highest BCUT2D eigenvalue weighted by Gasteiger charge is 2.15. The Labute approximate surface area is 187 Å². The second-order valence-electron chi connectivity index (χ2n) is 6.41. The summed E-state index contributed by atoms with van der Waals surface area (Å²) in [6.07, 6.45) is 1.69. The van der Waals surface area contributed by atoms with Gasteiger partial charge in [0, 0.05) is 33.2 Å². The summed E-state index contributed by atoms with van der Waals surface area (Å²) in [7, 11) is 0.